The normalized spacial score (nSPS) is 19.5. The van der Waals surface area contributed by atoms with Crippen molar-refractivity contribution in [2.24, 2.45) is 0 Å². The molecule has 0 spiro atoms. The lowest BCUT2D eigenvalue weighted by Crippen LogP contribution is -2.37. The molecule has 1 atom stereocenters. The molecule has 2 heterocycles. The lowest BCUT2D eigenvalue weighted by molar-refractivity contribution is 0.298. The molecule has 0 saturated carbocycles. The summed E-state index contributed by atoms with van der Waals surface area (Å²) in [6, 6.07) is 2.56. The van der Waals surface area contributed by atoms with Crippen LogP contribution >= 0.6 is 0 Å². The molecule has 1 aromatic rings. The van der Waals surface area contributed by atoms with Crippen molar-refractivity contribution < 1.29 is 0 Å². The molecule has 1 saturated heterocycles. The van der Waals surface area contributed by atoms with Crippen LogP contribution in [0.5, 0.6) is 0 Å². The molecule has 4 nitrogen and oxygen atoms in total. The van der Waals surface area contributed by atoms with E-state index in [2.05, 4.69) is 27.3 Å². The van der Waals surface area contributed by atoms with Crippen molar-refractivity contribution in [1.82, 2.24) is 20.4 Å². The largest absolute Gasteiger partial charge is 0.307 e. The number of hydrogen-bond donors (Lipinski definition) is 2. The van der Waals surface area contributed by atoms with Crippen molar-refractivity contribution in [2.75, 3.05) is 19.6 Å². The molecule has 1 aromatic heterocycles. The van der Waals surface area contributed by atoms with Gasteiger partial charge in [-0.3, -0.25) is 5.10 Å². The highest BCUT2D eigenvalue weighted by atomic mass is 15.2. The van der Waals surface area contributed by atoms with Crippen LogP contribution in [-0.2, 0) is 6.54 Å². The topological polar surface area (TPSA) is 44.0 Å². The summed E-state index contributed by atoms with van der Waals surface area (Å²) >= 11 is 0. The lowest BCUT2D eigenvalue weighted by atomic mass is 10.3. The highest BCUT2D eigenvalue weighted by molar-refractivity contribution is 4.96. The fourth-order valence-corrected chi connectivity index (χ4v) is 2.08. The van der Waals surface area contributed by atoms with Gasteiger partial charge in [0.15, 0.2) is 0 Å². The minimum Gasteiger partial charge on any atom is -0.307 e. The Kier molecular flexibility index (Phi) is 3.75. The second kappa shape index (κ2) is 5.28. The van der Waals surface area contributed by atoms with E-state index in [4.69, 9.17) is 0 Å². The summed E-state index contributed by atoms with van der Waals surface area (Å²) in [4.78, 5) is 2.53. The van der Waals surface area contributed by atoms with Crippen LogP contribution in [0.2, 0.25) is 0 Å². The average Bonchev–Trinajstić information content (AvgIpc) is 2.86. The first kappa shape index (κ1) is 10.6. The summed E-state index contributed by atoms with van der Waals surface area (Å²) in [6.07, 6.45) is 4.53. The van der Waals surface area contributed by atoms with Gasteiger partial charge >= 0.3 is 0 Å². The van der Waals surface area contributed by atoms with Gasteiger partial charge in [0.05, 0.1) is 0 Å². The minimum atomic E-state index is 0.548. The van der Waals surface area contributed by atoms with E-state index in [9.17, 15) is 0 Å². The van der Waals surface area contributed by atoms with Gasteiger partial charge < -0.3 is 10.2 Å². The standard InChI is InChI=1S/C11H20N4/c1-10(9-15-6-2-3-7-15)12-8-11-4-5-13-14-11/h4-5,10,12H,2-3,6-9H2,1H3,(H,13,14). The Morgan fingerprint density at radius 3 is 3.00 bits per heavy atom. The van der Waals surface area contributed by atoms with Crippen LogP contribution in [0.15, 0.2) is 12.3 Å². The van der Waals surface area contributed by atoms with Gasteiger partial charge in [0.25, 0.3) is 0 Å². The van der Waals surface area contributed by atoms with E-state index < -0.39 is 0 Å². The van der Waals surface area contributed by atoms with Crippen molar-refractivity contribution in [3.05, 3.63) is 18.0 Å². The fourth-order valence-electron chi connectivity index (χ4n) is 2.08. The van der Waals surface area contributed by atoms with Crippen LogP contribution in [-0.4, -0.2) is 40.8 Å². The molecule has 0 aromatic carbocycles. The molecule has 2 N–H and O–H groups in total. The first-order valence-corrected chi connectivity index (χ1v) is 5.78. The second-order valence-corrected chi connectivity index (χ2v) is 4.37. The molecule has 0 amide bonds. The quantitative estimate of drug-likeness (QED) is 0.758. The monoisotopic (exact) mass is 208 g/mol. The molecule has 15 heavy (non-hydrogen) atoms. The number of rotatable bonds is 5. The lowest BCUT2D eigenvalue weighted by Gasteiger charge is -2.20. The van der Waals surface area contributed by atoms with Gasteiger partial charge in [-0.05, 0) is 38.9 Å². The molecule has 1 fully saturated rings. The van der Waals surface area contributed by atoms with Crippen LogP contribution in [0.25, 0.3) is 0 Å². The van der Waals surface area contributed by atoms with Gasteiger partial charge in [-0.1, -0.05) is 0 Å². The van der Waals surface area contributed by atoms with E-state index in [0.29, 0.717) is 6.04 Å². The molecule has 0 bridgehead atoms. The first-order chi connectivity index (χ1) is 7.34. The van der Waals surface area contributed by atoms with Crippen LogP contribution in [0, 0.1) is 0 Å². The number of hydrogen-bond acceptors (Lipinski definition) is 3. The molecular weight excluding hydrogens is 188 g/mol. The first-order valence-electron chi connectivity index (χ1n) is 5.78. The van der Waals surface area contributed by atoms with Crippen molar-refractivity contribution >= 4 is 0 Å². The van der Waals surface area contributed by atoms with Crippen LogP contribution < -0.4 is 5.32 Å². The van der Waals surface area contributed by atoms with Crippen LogP contribution in [0.1, 0.15) is 25.5 Å². The minimum absolute atomic E-state index is 0.548. The van der Waals surface area contributed by atoms with Crippen LogP contribution in [0.4, 0.5) is 0 Å². The second-order valence-electron chi connectivity index (χ2n) is 4.37. The maximum Gasteiger partial charge on any atom is 0.0490 e. The summed E-state index contributed by atoms with van der Waals surface area (Å²) in [7, 11) is 0. The van der Waals surface area contributed by atoms with Gasteiger partial charge in [0.1, 0.15) is 0 Å². The van der Waals surface area contributed by atoms with E-state index in [1.165, 1.54) is 25.9 Å². The van der Waals surface area contributed by atoms with E-state index in [0.717, 1.165) is 18.8 Å². The Bertz CT molecular complexity index is 264. The van der Waals surface area contributed by atoms with E-state index in [-0.39, 0.29) is 0 Å². The van der Waals surface area contributed by atoms with E-state index >= 15 is 0 Å². The number of nitrogens with one attached hydrogen (secondary N) is 2. The number of aromatic nitrogens is 2. The summed E-state index contributed by atoms with van der Waals surface area (Å²) < 4.78 is 0. The SMILES string of the molecule is CC(CN1CCCC1)NCc1ccn[nH]1. The predicted molar refractivity (Wildman–Crippen MR) is 60.6 cm³/mol. The molecule has 1 aliphatic rings. The zero-order valence-corrected chi connectivity index (χ0v) is 9.37. The van der Waals surface area contributed by atoms with Gasteiger partial charge in [-0.2, -0.15) is 5.10 Å². The average molecular weight is 208 g/mol. The highest BCUT2D eigenvalue weighted by Gasteiger charge is 2.13. The third kappa shape index (κ3) is 3.32. The fraction of sp³-hybridized carbons (Fsp3) is 0.727. The summed E-state index contributed by atoms with van der Waals surface area (Å²) in [5, 5.41) is 10.4. The molecule has 0 aliphatic carbocycles. The maximum absolute atomic E-state index is 3.93. The molecular formula is C11H20N4. The number of H-pyrrole nitrogens is 1. The van der Waals surface area contributed by atoms with Crippen molar-refractivity contribution in [3.8, 4) is 0 Å². The number of likely N-dealkylation sites (tertiary alicyclic amines) is 1. The van der Waals surface area contributed by atoms with Crippen molar-refractivity contribution in [3.63, 3.8) is 0 Å². The zero-order valence-electron chi connectivity index (χ0n) is 9.37. The summed E-state index contributed by atoms with van der Waals surface area (Å²) in [6.45, 7) is 6.84. The molecule has 1 aliphatic heterocycles. The Morgan fingerprint density at radius 2 is 2.33 bits per heavy atom. The Labute approximate surface area is 91.1 Å². The number of nitrogens with zero attached hydrogens (tertiary/aromatic N) is 2. The Morgan fingerprint density at radius 1 is 1.53 bits per heavy atom. The highest BCUT2D eigenvalue weighted by Crippen LogP contribution is 2.07. The van der Waals surface area contributed by atoms with Gasteiger partial charge in [-0.15, -0.1) is 0 Å². The molecule has 84 valence electrons. The van der Waals surface area contributed by atoms with Gasteiger partial charge in [-0.25, -0.2) is 0 Å². The molecule has 0 radical (unpaired) electrons. The Hall–Kier alpha value is -0.870. The van der Waals surface area contributed by atoms with Crippen molar-refractivity contribution in [1.29, 1.82) is 0 Å². The number of aromatic amines is 1. The predicted octanol–water partition coefficient (Wildman–Crippen LogP) is 0.984. The summed E-state index contributed by atoms with van der Waals surface area (Å²) in [5.74, 6) is 0. The van der Waals surface area contributed by atoms with Crippen molar-refractivity contribution in [2.45, 2.75) is 32.4 Å². The smallest absolute Gasteiger partial charge is 0.0490 e. The van der Waals surface area contributed by atoms with Crippen LogP contribution in [0.3, 0.4) is 0 Å². The van der Waals surface area contributed by atoms with E-state index in [1.807, 2.05) is 6.07 Å². The third-order valence-corrected chi connectivity index (χ3v) is 2.93. The Balaban J connectivity index is 1.66. The summed E-state index contributed by atoms with van der Waals surface area (Å²) in [5.41, 5.74) is 1.16. The zero-order chi connectivity index (χ0) is 10.5. The third-order valence-electron chi connectivity index (χ3n) is 2.93. The molecule has 1 unspecified atom stereocenters. The molecule has 2 rings (SSSR count). The van der Waals surface area contributed by atoms with Gasteiger partial charge in [0, 0.05) is 31.0 Å². The maximum atomic E-state index is 3.93. The van der Waals surface area contributed by atoms with E-state index in [1.54, 1.807) is 6.20 Å². The molecule has 4 heteroatoms. The van der Waals surface area contributed by atoms with Gasteiger partial charge in [0.2, 0.25) is 0 Å².